The van der Waals surface area contributed by atoms with Gasteiger partial charge in [-0.2, -0.15) is 18.2 Å². The van der Waals surface area contributed by atoms with Crippen molar-refractivity contribution in [2.75, 3.05) is 0 Å². The van der Waals surface area contributed by atoms with Crippen LogP contribution in [0.3, 0.4) is 0 Å². The van der Waals surface area contributed by atoms with E-state index in [1.165, 1.54) is 18.2 Å². The van der Waals surface area contributed by atoms with Gasteiger partial charge in [0.25, 0.3) is 0 Å². The van der Waals surface area contributed by atoms with Crippen LogP contribution in [-0.4, -0.2) is 10.1 Å². The first kappa shape index (κ1) is 14.1. The van der Waals surface area contributed by atoms with Gasteiger partial charge >= 0.3 is 12.1 Å². The minimum Gasteiger partial charge on any atom is -0.329 e. The number of aromatic nitrogens is 2. The summed E-state index contributed by atoms with van der Waals surface area (Å²) >= 11 is 11.5. The molecule has 2 rings (SSSR count). The van der Waals surface area contributed by atoms with Crippen molar-refractivity contribution in [3.8, 4) is 0 Å². The lowest BCUT2D eigenvalue weighted by molar-refractivity contribution is -0.159. The van der Waals surface area contributed by atoms with Crippen LogP contribution in [0.1, 0.15) is 23.3 Å². The molecule has 4 nitrogen and oxygen atoms in total. The van der Waals surface area contributed by atoms with Crippen LogP contribution in [0.2, 0.25) is 10.0 Å². The summed E-state index contributed by atoms with van der Waals surface area (Å²) < 4.78 is 41.0. The maximum atomic E-state index is 12.3. The van der Waals surface area contributed by atoms with Gasteiger partial charge in [-0.05, 0) is 17.7 Å². The predicted octanol–water partition coefficient (Wildman–Crippen LogP) is 3.44. The predicted molar refractivity (Wildman–Crippen MR) is 61.8 cm³/mol. The highest BCUT2D eigenvalue weighted by Gasteiger charge is 2.39. The van der Waals surface area contributed by atoms with Crippen LogP contribution >= 0.6 is 23.2 Å². The monoisotopic (exact) mass is 311 g/mol. The Morgan fingerprint density at radius 1 is 1.21 bits per heavy atom. The van der Waals surface area contributed by atoms with E-state index in [4.69, 9.17) is 28.9 Å². The maximum absolute atomic E-state index is 12.3. The molecule has 0 amide bonds. The maximum Gasteiger partial charge on any atom is 0.471 e. The number of rotatable bonds is 2. The smallest absolute Gasteiger partial charge is 0.329 e. The molecule has 2 aromatic rings. The van der Waals surface area contributed by atoms with E-state index in [-0.39, 0.29) is 10.8 Å². The van der Waals surface area contributed by atoms with Gasteiger partial charge in [-0.15, -0.1) is 0 Å². The van der Waals surface area contributed by atoms with Crippen LogP contribution in [0, 0.1) is 0 Å². The average molecular weight is 312 g/mol. The largest absolute Gasteiger partial charge is 0.471 e. The molecule has 1 aromatic heterocycles. The zero-order chi connectivity index (χ0) is 14.2. The highest BCUT2D eigenvalue weighted by atomic mass is 35.5. The van der Waals surface area contributed by atoms with Crippen molar-refractivity contribution < 1.29 is 17.7 Å². The van der Waals surface area contributed by atoms with Gasteiger partial charge in [0.05, 0.1) is 16.1 Å². The molecule has 0 bridgehead atoms. The Bertz CT molecular complexity index is 600. The molecule has 9 heteroatoms. The lowest BCUT2D eigenvalue weighted by Gasteiger charge is -2.08. The zero-order valence-electron chi connectivity index (χ0n) is 9.08. The van der Waals surface area contributed by atoms with Crippen LogP contribution in [0.15, 0.2) is 22.7 Å². The van der Waals surface area contributed by atoms with Gasteiger partial charge in [-0.25, -0.2) is 0 Å². The quantitative estimate of drug-likeness (QED) is 0.922. The van der Waals surface area contributed by atoms with Gasteiger partial charge in [0.2, 0.25) is 0 Å². The first-order valence-corrected chi connectivity index (χ1v) is 5.66. The van der Waals surface area contributed by atoms with Crippen molar-refractivity contribution in [2.45, 2.75) is 12.2 Å². The number of alkyl halides is 3. The van der Waals surface area contributed by atoms with Crippen molar-refractivity contribution in [1.29, 1.82) is 0 Å². The molecule has 1 heterocycles. The standard InChI is InChI=1S/C10H6Cl2F3N3O/c11-5-2-1-4(3-6(5)12)7(16)8-17-9(19-18-8)10(13,14)15/h1-3,7H,16H2. The summed E-state index contributed by atoms with van der Waals surface area (Å²) in [6.45, 7) is 0. The molecule has 19 heavy (non-hydrogen) atoms. The Morgan fingerprint density at radius 2 is 1.89 bits per heavy atom. The Hall–Kier alpha value is -1.31. The fourth-order valence-corrected chi connectivity index (χ4v) is 1.64. The summed E-state index contributed by atoms with van der Waals surface area (Å²) in [6, 6.07) is 3.43. The number of halogens is 5. The minimum absolute atomic E-state index is 0.231. The summed E-state index contributed by atoms with van der Waals surface area (Å²) in [5.74, 6) is -1.73. The van der Waals surface area contributed by atoms with Gasteiger partial charge in [-0.1, -0.05) is 34.4 Å². The molecule has 102 valence electrons. The fourth-order valence-electron chi connectivity index (χ4n) is 1.33. The summed E-state index contributed by atoms with van der Waals surface area (Å²) in [5.41, 5.74) is 6.16. The van der Waals surface area contributed by atoms with Crippen molar-refractivity contribution >= 4 is 23.2 Å². The molecule has 1 aromatic carbocycles. The Morgan fingerprint density at radius 3 is 2.42 bits per heavy atom. The Kier molecular flexibility index (Phi) is 3.71. The second-order valence-electron chi connectivity index (χ2n) is 3.61. The fraction of sp³-hybridized carbons (Fsp3) is 0.200. The molecule has 1 atom stereocenters. The molecule has 0 fully saturated rings. The Balaban J connectivity index is 2.31. The molecule has 1 unspecified atom stereocenters. The van der Waals surface area contributed by atoms with E-state index in [0.29, 0.717) is 10.6 Å². The van der Waals surface area contributed by atoms with Crippen molar-refractivity contribution in [3.05, 3.63) is 45.5 Å². The minimum atomic E-state index is -4.71. The average Bonchev–Trinajstić information content (AvgIpc) is 2.81. The first-order valence-electron chi connectivity index (χ1n) is 4.90. The van der Waals surface area contributed by atoms with Gasteiger partial charge in [-0.3, -0.25) is 0 Å². The van der Waals surface area contributed by atoms with Crippen molar-refractivity contribution in [1.82, 2.24) is 10.1 Å². The Labute approximate surface area is 115 Å². The molecule has 0 saturated carbocycles. The van der Waals surface area contributed by atoms with Gasteiger partial charge in [0.15, 0.2) is 5.82 Å². The molecule has 0 radical (unpaired) electrons. The highest BCUT2D eigenvalue weighted by Crippen LogP contribution is 2.30. The van der Waals surface area contributed by atoms with E-state index in [0.717, 1.165) is 0 Å². The lowest BCUT2D eigenvalue weighted by atomic mass is 10.1. The SMILES string of the molecule is NC(c1ccc(Cl)c(Cl)c1)c1noc(C(F)(F)F)n1. The molecule has 0 aliphatic carbocycles. The molecule has 0 aliphatic rings. The molecule has 0 aliphatic heterocycles. The molecule has 2 N–H and O–H groups in total. The van der Waals surface area contributed by atoms with Gasteiger partial charge in [0, 0.05) is 0 Å². The van der Waals surface area contributed by atoms with Crippen molar-refractivity contribution in [3.63, 3.8) is 0 Å². The molecule has 0 spiro atoms. The third kappa shape index (κ3) is 2.99. The van der Waals surface area contributed by atoms with Crippen LogP contribution in [0.25, 0.3) is 0 Å². The van der Waals surface area contributed by atoms with E-state index in [9.17, 15) is 13.2 Å². The van der Waals surface area contributed by atoms with Crippen LogP contribution in [0.4, 0.5) is 13.2 Å². The number of benzene rings is 1. The highest BCUT2D eigenvalue weighted by molar-refractivity contribution is 6.42. The number of hydrogen-bond acceptors (Lipinski definition) is 4. The summed E-state index contributed by atoms with van der Waals surface area (Å²) in [6.07, 6.45) is -4.71. The molecule has 0 saturated heterocycles. The lowest BCUT2D eigenvalue weighted by Crippen LogP contribution is -2.14. The van der Waals surface area contributed by atoms with Gasteiger partial charge < -0.3 is 10.3 Å². The van der Waals surface area contributed by atoms with E-state index in [1.807, 2.05) is 0 Å². The first-order chi connectivity index (χ1) is 8.79. The van der Waals surface area contributed by atoms with Crippen LogP contribution in [-0.2, 0) is 6.18 Å². The number of nitrogens with two attached hydrogens (primary N) is 1. The third-order valence-electron chi connectivity index (χ3n) is 2.27. The molecular weight excluding hydrogens is 306 g/mol. The topological polar surface area (TPSA) is 64.9 Å². The summed E-state index contributed by atoms with van der Waals surface area (Å²) in [5, 5.41) is 3.74. The van der Waals surface area contributed by atoms with E-state index < -0.39 is 18.1 Å². The summed E-state index contributed by atoms with van der Waals surface area (Å²) in [7, 11) is 0. The van der Waals surface area contributed by atoms with E-state index >= 15 is 0 Å². The zero-order valence-corrected chi connectivity index (χ0v) is 10.6. The molecular formula is C10H6Cl2F3N3O. The van der Waals surface area contributed by atoms with Crippen LogP contribution < -0.4 is 5.73 Å². The normalized spacial score (nSPS) is 13.6. The van der Waals surface area contributed by atoms with E-state index in [2.05, 4.69) is 14.7 Å². The van der Waals surface area contributed by atoms with Crippen molar-refractivity contribution in [2.24, 2.45) is 5.73 Å². The number of nitrogens with zero attached hydrogens (tertiary/aromatic N) is 2. The third-order valence-corrected chi connectivity index (χ3v) is 3.00. The number of hydrogen-bond donors (Lipinski definition) is 1. The second kappa shape index (κ2) is 4.99. The second-order valence-corrected chi connectivity index (χ2v) is 4.42. The summed E-state index contributed by atoms with van der Waals surface area (Å²) in [4.78, 5) is 3.21. The van der Waals surface area contributed by atoms with Gasteiger partial charge in [0.1, 0.15) is 0 Å². The van der Waals surface area contributed by atoms with E-state index in [1.54, 1.807) is 0 Å². The van der Waals surface area contributed by atoms with Crippen LogP contribution in [0.5, 0.6) is 0 Å².